The molecule has 0 bridgehead atoms. The maximum atomic E-state index is 4.99. The van der Waals surface area contributed by atoms with Crippen LogP contribution in [0.5, 0.6) is 0 Å². The number of rotatable bonds is 1. The van der Waals surface area contributed by atoms with Crippen LogP contribution < -0.4 is 0 Å². The van der Waals surface area contributed by atoms with E-state index in [4.69, 9.17) is 4.42 Å². The van der Waals surface area contributed by atoms with Crippen molar-refractivity contribution < 1.29 is 4.42 Å². The molecule has 0 aliphatic heterocycles. The van der Waals surface area contributed by atoms with E-state index < -0.39 is 0 Å². The van der Waals surface area contributed by atoms with Crippen LogP contribution in [0.3, 0.4) is 0 Å². The van der Waals surface area contributed by atoms with Gasteiger partial charge in [-0.1, -0.05) is 0 Å². The van der Waals surface area contributed by atoms with Crippen LogP contribution in [0.25, 0.3) is 11.3 Å². The summed E-state index contributed by atoms with van der Waals surface area (Å²) in [5, 5.41) is 0. The van der Waals surface area contributed by atoms with E-state index in [0.717, 1.165) is 20.2 Å². The first-order valence-electron chi connectivity index (χ1n) is 3.61. The molecule has 0 radical (unpaired) electrons. The second kappa shape index (κ2) is 3.64. The molecular weight excluding hydrogens is 298 g/mol. The van der Waals surface area contributed by atoms with Crippen LogP contribution in [0.2, 0.25) is 0 Å². The second-order valence-electron chi connectivity index (χ2n) is 2.47. The van der Waals surface area contributed by atoms with E-state index >= 15 is 0 Å². The van der Waals surface area contributed by atoms with Gasteiger partial charge in [0.15, 0.2) is 0 Å². The summed E-state index contributed by atoms with van der Waals surface area (Å²) in [6.07, 6.45) is 5.04. The van der Waals surface area contributed by atoms with Crippen molar-refractivity contribution in [2.45, 2.75) is 0 Å². The first-order chi connectivity index (χ1) is 6.29. The Morgan fingerprint density at radius 3 is 2.77 bits per heavy atom. The van der Waals surface area contributed by atoms with Crippen LogP contribution in [0.15, 0.2) is 44.2 Å². The molecule has 66 valence electrons. The van der Waals surface area contributed by atoms with E-state index in [0.29, 0.717) is 0 Å². The van der Waals surface area contributed by atoms with Gasteiger partial charge in [-0.15, -0.1) is 0 Å². The lowest BCUT2D eigenvalue weighted by molar-refractivity contribution is 0.568. The van der Waals surface area contributed by atoms with Crippen LogP contribution in [-0.2, 0) is 0 Å². The Labute approximate surface area is 92.2 Å². The number of hydrogen-bond donors (Lipinski definition) is 0. The minimum Gasteiger partial charge on any atom is -0.472 e. The van der Waals surface area contributed by atoms with Gasteiger partial charge in [0, 0.05) is 16.2 Å². The number of nitrogens with zero attached hydrogens (tertiary/aromatic N) is 1. The van der Waals surface area contributed by atoms with Crippen molar-refractivity contribution >= 4 is 31.9 Å². The average molecular weight is 303 g/mol. The summed E-state index contributed by atoms with van der Waals surface area (Å²) in [4.78, 5) is 4.24. The zero-order valence-electron chi connectivity index (χ0n) is 6.50. The largest absolute Gasteiger partial charge is 0.472 e. The molecule has 0 atom stereocenters. The molecule has 4 heteroatoms. The molecule has 0 aliphatic carbocycles. The Morgan fingerprint density at radius 1 is 1.23 bits per heavy atom. The third kappa shape index (κ3) is 1.69. The number of aromatic nitrogens is 1. The molecular formula is C9H5Br2NO. The lowest BCUT2D eigenvalue weighted by Gasteiger charge is -2.01. The van der Waals surface area contributed by atoms with Gasteiger partial charge in [0.1, 0.15) is 0 Å². The standard InChI is InChI=1S/C9H5Br2NO/c10-7-1-3-12-9(8(7)11)6-2-4-13-5-6/h1-5H. The van der Waals surface area contributed by atoms with Gasteiger partial charge in [0.25, 0.3) is 0 Å². The zero-order valence-corrected chi connectivity index (χ0v) is 9.67. The maximum Gasteiger partial charge on any atom is 0.0997 e. The van der Waals surface area contributed by atoms with Crippen molar-refractivity contribution in [3.05, 3.63) is 39.8 Å². The predicted molar refractivity (Wildman–Crippen MR) is 57.3 cm³/mol. The first kappa shape index (κ1) is 8.97. The third-order valence-electron chi connectivity index (χ3n) is 1.64. The molecule has 0 saturated heterocycles. The molecule has 2 aromatic heterocycles. The topological polar surface area (TPSA) is 26.0 Å². The highest BCUT2D eigenvalue weighted by molar-refractivity contribution is 9.13. The van der Waals surface area contributed by atoms with Crippen molar-refractivity contribution in [1.82, 2.24) is 4.98 Å². The summed E-state index contributed by atoms with van der Waals surface area (Å²) in [5.41, 5.74) is 1.84. The Morgan fingerprint density at radius 2 is 2.08 bits per heavy atom. The van der Waals surface area contributed by atoms with E-state index in [-0.39, 0.29) is 0 Å². The van der Waals surface area contributed by atoms with E-state index in [1.807, 2.05) is 12.1 Å². The molecule has 0 saturated carbocycles. The number of halogens is 2. The maximum absolute atomic E-state index is 4.99. The highest BCUT2D eigenvalue weighted by Gasteiger charge is 2.07. The van der Waals surface area contributed by atoms with Crippen molar-refractivity contribution in [1.29, 1.82) is 0 Å². The van der Waals surface area contributed by atoms with Gasteiger partial charge in [-0.3, -0.25) is 4.98 Å². The lowest BCUT2D eigenvalue weighted by Crippen LogP contribution is -1.83. The van der Waals surface area contributed by atoms with Gasteiger partial charge < -0.3 is 4.42 Å². The number of pyridine rings is 1. The normalized spacial score (nSPS) is 10.3. The average Bonchev–Trinajstić information content (AvgIpc) is 2.62. The molecule has 0 unspecified atom stereocenters. The Kier molecular flexibility index (Phi) is 2.51. The number of furan rings is 1. The van der Waals surface area contributed by atoms with E-state index in [2.05, 4.69) is 36.8 Å². The molecule has 0 aromatic carbocycles. The first-order valence-corrected chi connectivity index (χ1v) is 5.20. The SMILES string of the molecule is Brc1ccnc(-c2ccoc2)c1Br. The predicted octanol–water partition coefficient (Wildman–Crippen LogP) is 3.87. The summed E-state index contributed by atoms with van der Waals surface area (Å²) in [5.74, 6) is 0. The van der Waals surface area contributed by atoms with Gasteiger partial charge in [0.05, 0.1) is 22.7 Å². The summed E-state index contributed by atoms with van der Waals surface area (Å²) in [6, 6.07) is 3.76. The molecule has 2 nitrogen and oxygen atoms in total. The molecule has 2 aromatic rings. The molecule has 0 amide bonds. The summed E-state index contributed by atoms with van der Waals surface area (Å²) < 4.78 is 6.91. The quantitative estimate of drug-likeness (QED) is 0.799. The molecule has 2 heterocycles. The van der Waals surface area contributed by atoms with Crippen molar-refractivity contribution in [2.75, 3.05) is 0 Å². The molecule has 2 rings (SSSR count). The fourth-order valence-electron chi connectivity index (χ4n) is 1.02. The second-order valence-corrected chi connectivity index (χ2v) is 4.11. The summed E-state index contributed by atoms with van der Waals surface area (Å²) in [7, 11) is 0. The van der Waals surface area contributed by atoms with Gasteiger partial charge in [-0.2, -0.15) is 0 Å². The van der Waals surface area contributed by atoms with E-state index in [1.54, 1.807) is 18.7 Å². The molecule has 0 aliphatic rings. The highest BCUT2D eigenvalue weighted by Crippen LogP contribution is 2.31. The van der Waals surface area contributed by atoms with Gasteiger partial charge in [0.2, 0.25) is 0 Å². The van der Waals surface area contributed by atoms with Gasteiger partial charge >= 0.3 is 0 Å². The van der Waals surface area contributed by atoms with Crippen molar-refractivity contribution in [3.8, 4) is 11.3 Å². The van der Waals surface area contributed by atoms with Crippen molar-refractivity contribution in [3.63, 3.8) is 0 Å². The van der Waals surface area contributed by atoms with Crippen molar-refractivity contribution in [2.24, 2.45) is 0 Å². The lowest BCUT2D eigenvalue weighted by atomic mass is 10.2. The Balaban J connectivity index is 2.59. The molecule has 0 fully saturated rings. The smallest absolute Gasteiger partial charge is 0.0997 e. The fourth-order valence-corrected chi connectivity index (χ4v) is 1.79. The van der Waals surface area contributed by atoms with Gasteiger partial charge in [-0.05, 0) is 44.0 Å². The van der Waals surface area contributed by atoms with Crippen LogP contribution in [-0.4, -0.2) is 4.98 Å². The summed E-state index contributed by atoms with van der Waals surface area (Å²) in [6.45, 7) is 0. The Bertz CT molecular complexity index is 412. The van der Waals surface area contributed by atoms with E-state index in [9.17, 15) is 0 Å². The Hall–Kier alpha value is -0.610. The zero-order chi connectivity index (χ0) is 9.26. The minimum absolute atomic E-state index is 0.878. The third-order valence-corrected chi connectivity index (χ3v) is 3.63. The van der Waals surface area contributed by atoms with Crippen LogP contribution in [0, 0.1) is 0 Å². The monoisotopic (exact) mass is 301 g/mol. The molecule has 0 spiro atoms. The minimum atomic E-state index is 0.878. The fraction of sp³-hybridized carbons (Fsp3) is 0. The highest BCUT2D eigenvalue weighted by atomic mass is 79.9. The number of hydrogen-bond acceptors (Lipinski definition) is 2. The van der Waals surface area contributed by atoms with Crippen LogP contribution >= 0.6 is 31.9 Å². The molecule has 0 N–H and O–H groups in total. The van der Waals surface area contributed by atoms with Crippen LogP contribution in [0.1, 0.15) is 0 Å². The summed E-state index contributed by atoms with van der Waals surface area (Å²) >= 11 is 6.86. The molecule has 13 heavy (non-hydrogen) atoms. The van der Waals surface area contributed by atoms with Gasteiger partial charge in [-0.25, -0.2) is 0 Å². The van der Waals surface area contributed by atoms with Crippen LogP contribution in [0.4, 0.5) is 0 Å². The van der Waals surface area contributed by atoms with E-state index in [1.165, 1.54) is 0 Å².